The highest BCUT2D eigenvalue weighted by Gasteiger charge is 2.27. The van der Waals surface area contributed by atoms with Crippen molar-refractivity contribution in [2.45, 2.75) is 6.04 Å². The summed E-state index contributed by atoms with van der Waals surface area (Å²) in [5.74, 6) is 0. The topological polar surface area (TPSA) is 19.4 Å². The summed E-state index contributed by atoms with van der Waals surface area (Å²) in [7, 11) is 4.13. The van der Waals surface area contributed by atoms with Gasteiger partial charge in [-0.1, -0.05) is 108 Å². The van der Waals surface area contributed by atoms with E-state index >= 15 is 0 Å². The number of rotatable bonds is 6. The predicted molar refractivity (Wildman–Crippen MR) is 165 cm³/mol. The van der Waals surface area contributed by atoms with Crippen LogP contribution in [0.5, 0.6) is 0 Å². The Morgan fingerprint density at radius 2 is 1.42 bits per heavy atom. The van der Waals surface area contributed by atoms with Gasteiger partial charge in [-0.15, -0.1) is 0 Å². The zero-order valence-electron chi connectivity index (χ0n) is 21.5. The molecule has 1 atom stereocenters. The number of aromatic nitrogens is 1. The van der Waals surface area contributed by atoms with Gasteiger partial charge in [0.25, 0.3) is 0 Å². The molecule has 0 radical (unpaired) electrons. The molecule has 5 aromatic rings. The average Bonchev–Trinajstić information content (AvgIpc) is 3.40. The molecule has 0 spiro atoms. The van der Waals surface area contributed by atoms with Crippen LogP contribution in [-0.4, -0.2) is 25.1 Å². The minimum atomic E-state index is -0.0144. The quantitative estimate of drug-likeness (QED) is 0.228. The zero-order chi connectivity index (χ0) is 25.9. The first-order valence-electron chi connectivity index (χ1n) is 12.8. The van der Waals surface area contributed by atoms with Crippen LogP contribution >= 0.6 is 11.3 Å². The summed E-state index contributed by atoms with van der Waals surface area (Å²) in [6.45, 7) is 0. The van der Waals surface area contributed by atoms with Crippen LogP contribution in [0.1, 0.15) is 16.7 Å². The molecule has 4 aromatic carbocycles. The molecule has 1 aliphatic rings. The molecule has 3 nitrogen and oxygen atoms in total. The highest BCUT2D eigenvalue weighted by molar-refractivity contribution is 7.22. The minimum absolute atomic E-state index is 0.0144. The summed E-state index contributed by atoms with van der Waals surface area (Å²) in [4.78, 5) is 9.57. The Morgan fingerprint density at radius 3 is 2.11 bits per heavy atom. The molecule has 4 heteroatoms. The third-order valence-electron chi connectivity index (χ3n) is 6.76. The maximum Gasteiger partial charge on any atom is 0.191 e. The number of thiazole rings is 1. The zero-order valence-corrected chi connectivity index (χ0v) is 22.3. The number of benzene rings is 4. The first kappa shape index (κ1) is 24.0. The Bertz CT molecular complexity index is 1600. The van der Waals surface area contributed by atoms with Gasteiger partial charge < -0.3 is 9.80 Å². The summed E-state index contributed by atoms with van der Waals surface area (Å²) in [6.07, 6.45) is 9.15. The Morgan fingerprint density at radius 1 is 0.763 bits per heavy atom. The largest absolute Gasteiger partial charge is 0.378 e. The number of hydrogen-bond donors (Lipinski definition) is 0. The van der Waals surface area contributed by atoms with E-state index in [1.54, 1.807) is 11.3 Å². The Labute approximate surface area is 228 Å². The Hall–Kier alpha value is -4.41. The second-order valence-electron chi connectivity index (χ2n) is 9.55. The lowest BCUT2D eigenvalue weighted by Gasteiger charge is -2.34. The number of nitrogens with zero attached hydrogens (tertiary/aromatic N) is 3. The Balaban J connectivity index is 1.49. The fourth-order valence-corrected chi connectivity index (χ4v) is 5.78. The summed E-state index contributed by atoms with van der Waals surface area (Å²) in [5.41, 5.74) is 8.12. The molecule has 38 heavy (non-hydrogen) atoms. The van der Waals surface area contributed by atoms with E-state index in [1.165, 1.54) is 32.7 Å². The predicted octanol–water partition coefficient (Wildman–Crippen LogP) is 8.39. The van der Waals surface area contributed by atoms with Gasteiger partial charge in [0, 0.05) is 19.8 Å². The summed E-state index contributed by atoms with van der Waals surface area (Å²) >= 11 is 1.74. The van der Waals surface area contributed by atoms with Crippen molar-refractivity contribution in [3.63, 3.8) is 0 Å². The second kappa shape index (κ2) is 10.5. The number of fused-ring (bicyclic) bond motifs is 1. The van der Waals surface area contributed by atoms with E-state index in [0.29, 0.717) is 0 Å². The molecule has 0 N–H and O–H groups in total. The van der Waals surface area contributed by atoms with E-state index in [2.05, 4.69) is 157 Å². The SMILES string of the molecule is CN(C)c1ccc(/C=C/C2C=C(c3ccccc3)C=C(c3ccccc3)N2c2nc3ccccc3s2)cc1. The molecule has 0 amide bonds. The highest BCUT2D eigenvalue weighted by Crippen LogP contribution is 2.40. The van der Waals surface area contributed by atoms with Crippen LogP contribution in [-0.2, 0) is 0 Å². The molecular weight excluding hydrogens is 482 g/mol. The van der Waals surface area contributed by atoms with Crippen LogP contribution in [0, 0.1) is 0 Å². The maximum atomic E-state index is 5.08. The van der Waals surface area contributed by atoms with Gasteiger partial charge in [0.05, 0.1) is 22.0 Å². The van der Waals surface area contributed by atoms with Crippen LogP contribution in [0.4, 0.5) is 10.8 Å². The second-order valence-corrected chi connectivity index (χ2v) is 10.6. The van der Waals surface area contributed by atoms with Gasteiger partial charge in [-0.2, -0.15) is 0 Å². The molecular formula is C34H29N3S. The molecule has 6 rings (SSSR count). The summed E-state index contributed by atoms with van der Waals surface area (Å²) < 4.78 is 1.19. The van der Waals surface area contributed by atoms with Crippen molar-refractivity contribution < 1.29 is 0 Å². The third-order valence-corrected chi connectivity index (χ3v) is 7.80. The standard InChI is InChI=1S/C34H29N3S/c1-36(2)29-20-17-25(18-21-29)19-22-30-23-28(26-11-5-3-6-12-26)24-32(27-13-7-4-8-14-27)37(30)34-35-31-15-9-10-16-33(31)38-34/h3-24,30H,1-2H3/b22-19+. The van der Waals surface area contributed by atoms with Crippen LogP contribution in [0.25, 0.3) is 27.6 Å². The normalized spacial score (nSPS) is 15.5. The van der Waals surface area contributed by atoms with Gasteiger partial charge in [-0.3, -0.25) is 0 Å². The minimum Gasteiger partial charge on any atom is -0.378 e. The van der Waals surface area contributed by atoms with Crippen molar-refractivity contribution in [1.29, 1.82) is 0 Å². The van der Waals surface area contributed by atoms with E-state index in [0.717, 1.165) is 16.3 Å². The van der Waals surface area contributed by atoms with Crippen molar-refractivity contribution in [3.8, 4) is 0 Å². The van der Waals surface area contributed by atoms with Crippen LogP contribution in [0.3, 0.4) is 0 Å². The molecule has 1 aromatic heterocycles. The van der Waals surface area contributed by atoms with Crippen molar-refractivity contribution >= 4 is 49.7 Å². The van der Waals surface area contributed by atoms with E-state index in [1.807, 2.05) is 0 Å². The number of anilines is 2. The summed E-state index contributed by atoms with van der Waals surface area (Å²) in [6, 6.07) is 38.3. The first-order chi connectivity index (χ1) is 18.7. The van der Waals surface area contributed by atoms with E-state index in [9.17, 15) is 0 Å². The first-order valence-corrected chi connectivity index (χ1v) is 13.6. The molecule has 0 fully saturated rings. The number of hydrogen-bond acceptors (Lipinski definition) is 4. The van der Waals surface area contributed by atoms with Gasteiger partial charge in [-0.05, 0) is 58.7 Å². The monoisotopic (exact) mass is 511 g/mol. The molecule has 0 bridgehead atoms. The lowest BCUT2D eigenvalue weighted by molar-refractivity contribution is 0.940. The van der Waals surface area contributed by atoms with Gasteiger partial charge in [0.2, 0.25) is 0 Å². The van der Waals surface area contributed by atoms with E-state index < -0.39 is 0 Å². The number of para-hydroxylation sites is 1. The lowest BCUT2D eigenvalue weighted by Crippen LogP contribution is -2.33. The lowest BCUT2D eigenvalue weighted by atomic mass is 9.94. The van der Waals surface area contributed by atoms with E-state index in [-0.39, 0.29) is 6.04 Å². The molecule has 1 aliphatic heterocycles. The molecule has 2 heterocycles. The highest BCUT2D eigenvalue weighted by atomic mass is 32.1. The molecule has 1 unspecified atom stereocenters. The molecule has 0 aliphatic carbocycles. The van der Waals surface area contributed by atoms with Crippen molar-refractivity contribution in [2.75, 3.05) is 23.9 Å². The molecule has 0 saturated carbocycles. The van der Waals surface area contributed by atoms with Crippen LogP contribution in [0.2, 0.25) is 0 Å². The van der Waals surface area contributed by atoms with Crippen molar-refractivity contribution in [3.05, 3.63) is 144 Å². The van der Waals surface area contributed by atoms with Gasteiger partial charge in [-0.25, -0.2) is 4.98 Å². The Kier molecular flexibility index (Phi) is 6.63. The number of allylic oxidation sites excluding steroid dienone is 2. The summed E-state index contributed by atoms with van der Waals surface area (Å²) in [5, 5.41) is 0.988. The van der Waals surface area contributed by atoms with Gasteiger partial charge in [0.15, 0.2) is 5.13 Å². The fourth-order valence-electron chi connectivity index (χ4n) is 4.75. The third kappa shape index (κ3) is 4.91. The molecule has 186 valence electrons. The van der Waals surface area contributed by atoms with Gasteiger partial charge >= 0.3 is 0 Å². The van der Waals surface area contributed by atoms with E-state index in [4.69, 9.17) is 4.98 Å². The average molecular weight is 512 g/mol. The van der Waals surface area contributed by atoms with Crippen LogP contribution in [0.15, 0.2) is 127 Å². The molecule has 0 saturated heterocycles. The van der Waals surface area contributed by atoms with Gasteiger partial charge in [0.1, 0.15) is 0 Å². The van der Waals surface area contributed by atoms with Crippen molar-refractivity contribution in [1.82, 2.24) is 4.98 Å². The smallest absolute Gasteiger partial charge is 0.191 e. The maximum absolute atomic E-state index is 5.08. The van der Waals surface area contributed by atoms with Crippen LogP contribution < -0.4 is 9.80 Å². The fraction of sp³-hybridized carbons (Fsp3) is 0.0882. The van der Waals surface area contributed by atoms with Crippen molar-refractivity contribution in [2.24, 2.45) is 0 Å².